The first kappa shape index (κ1) is 39.1. The third-order valence-electron chi connectivity index (χ3n) is 12.1. The van der Waals surface area contributed by atoms with Gasteiger partial charge in [0.1, 0.15) is 28.8 Å². The third-order valence-corrected chi connectivity index (χ3v) is 12.1. The van der Waals surface area contributed by atoms with Crippen molar-refractivity contribution in [3.8, 4) is 0 Å². The lowest BCUT2D eigenvalue weighted by molar-refractivity contribution is -0.148. The lowest BCUT2D eigenvalue weighted by atomic mass is 9.88. The number of amides is 1. The maximum atomic E-state index is 15.0. The largest absolute Gasteiger partial charge is 0.378 e. The molecule has 2 saturated carbocycles. The SMILES string of the molecule is COC1CN(C(=O)C2CCN(c3nc4cnccc4nc3NC3CC3)CC2)C1.Cc1cc2nc(NC3CC3)c(N3CCC(C(F)c4cc(F)ccc4F)CC3)nc2cn1. The standard InChI is InChI=1S/C23H24F3N5.C20H26N6O2/c1-13-10-19-20(12-27-13)30-23(22(29-19)28-16-3-4-16)31-8-6-14(7-9-31)21(26)17-11-15(24)2-5-18(17)25;1-28-15-11-26(12-15)20(27)13-5-8-25(9-6-13)19-18(22-14-2-3-14)23-16-4-7-21-10-17(16)24-19/h2,5,10-12,14,16,21H,3-4,6-9H2,1H3,(H,28,29);4,7,10,13-15H,2-3,5-6,8-9,11-12H2,1H3,(H,22,23). The van der Waals surface area contributed by atoms with Crippen molar-refractivity contribution in [1.29, 1.82) is 0 Å². The highest BCUT2D eigenvalue weighted by atomic mass is 19.1. The Morgan fingerprint density at radius 3 is 2.00 bits per heavy atom. The number of hydrogen-bond donors (Lipinski definition) is 2. The number of nitrogens with zero attached hydrogens (tertiary/aromatic N) is 9. The number of anilines is 4. The summed E-state index contributed by atoms with van der Waals surface area (Å²) in [5, 5.41) is 7.00. The summed E-state index contributed by atoms with van der Waals surface area (Å²) in [6.45, 7) is 6.15. The second kappa shape index (κ2) is 16.7. The molecular formula is C43H50F3N11O2. The minimum absolute atomic E-state index is 0.101. The van der Waals surface area contributed by atoms with Gasteiger partial charge >= 0.3 is 0 Å². The van der Waals surface area contributed by atoms with Gasteiger partial charge in [-0.1, -0.05) is 0 Å². The molecule has 1 atom stereocenters. The van der Waals surface area contributed by atoms with E-state index in [1.54, 1.807) is 25.7 Å². The van der Waals surface area contributed by atoms with Gasteiger partial charge in [-0.3, -0.25) is 14.8 Å². The molecule has 2 N–H and O–H groups in total. The van der Waals surface area contributed by atoms with Gasteiger partial charge in [0.25, 0.3) is 0 Å². The molecule has 3 aliphatic heterocycles. The van der Waals surface area contributed by atoms with E-state index in [1.807, 2.05) is 24.0 Å². The first-order valence-electron chi connectivity index (χ1n) is 20.9. The molecule has 0 radical (unpaired) electrons. The van der Waals surface area contributed by atoms with Crippen LogP contribution in [0.25, 0.3) is 22.1 Å². The number of likely N-dealkylation sites (tertiary alicyclic amines) is 1. The second-order valence-electron chi connectivity index (χ2n) is 16.6. The zero-order valence-corrected chi connectivity index (χ0v) is 33.5. The van der Waals surface area contributed by atoms with Crippen LogP contribution in [-0.4, -0.2) is 105 Å². The van der Waals surface area contributed by atoms with Crippen LogP contribution >= 0.6 is 0 Å². The van der Waals surface area contributed by atoms with E-state index in [0.29, 0.717) is 43.5 Å². The number of carbonyl (C=O) groups is 1. The van der Waals surface area contributed by atoms with Gasteiger partial charge < -0.3 is 30.1 Å². The number of methoxy groups -OCH3 is 1. The summed E-state index contributed by atoms with van der Waals surface area (Å²) in [6.07, 6.45) is 11.2. The summed E-state index contributed by atoms with van der Waals surface area (Å²) in [4.78, 5) is 46.8. The number of rotatable bonds is 10. The average Bonchev–Trinajstić information content (AvgIpc) is 4.19. The van der Waals surface area contributed by atoms with Crippen molar-refractivity contribution in [2.24, 2.45) is 11.8 Å². The maximum absolute atomic E-state index is 15.0. The summed E-state index contributed by atoms with van der Waals surface area (Å²) in [5.41, 5.74) is 3.86. The Hall–Kier alpha value is -5.38. The fourth-order valence-electron chi connectivity index (χ4n) is 8.17. The number of ether oxygens (including phenoxy) is 1. The summed E-state index contributed by atoms with van der Waals surface area (Å²) >= 11 is 0. The van der Waals surface area contributed by atoms with E-state index in [0.717, 1.165) is 116 Å². The topological polar surface area (TPSA) is 137 Å². The predicted octanol–water partition coefficient (Wildman–Crippen LogP) is 6.79. The van der Waals surface area contributed by atoms with Gasteiger partial charge in [0.15, 0.2) is 23.3 Å². The van der Waals surface area contributed by atoms with Crippen molar-refractivity contribution in [3.63, 3.8) is 0 Å². The highest BCUT2D eigenvalue weighted by Gasteiger charge is 2.37. The van der Waals surface area contributed by atoms with Crippen LogP contribution in [0.15, 0.2) is 48.9 Å². The summed E-state index contributed by atoms with van der Waals surface area (Å²) in [6, 6.07) is 7.70. The molecule has 10 rings (SSSR count). The highest BCUT2D eigenvalue weighted by molar-refractivity contribution is 5.82. The van der Waals surface area contributed by atoms with E-state index in [9.17, 15) is 13.6 Å². The molecule has 7 heterocycles. The highest BCUT2D eigenvalue weighted by Crippen LogP contribution is 2.39. The minimum atomic E-state index is -1.53. The van der Waals surface area contributed by atoms with Crippen molar-refractivity contribution >= 4 is 51.2 Å². The van der Waals surface area contributed by atoms with Gasteiger partial charge in [-0.05, 0) is 94.5 Å². The quantitative estimate of drug-likeness (QED) is 0.154. The maximum Gasteiger partial charge on any atom is 0.225 e. The van der Waals surface area contributed by atoms with E-state index < -0.39 is 17.8 Å². The number of nitrogens with one attached hydrogen (secondary N) is 2. The first-order chi connectivity index (χ1) is 28.7. The fourth-order valence-corrected chi connectivity index (χ4v) is 8.17. The van der Waals surface area contributed by atoms with Crippen molar-refractivity contribution in [1.82, 2.24) is 34.8 Å². The van der Waals surface area contributed by atoms with Crippen molar-refractivity contribution in [2.75, 3.05) is 66.8 Å². The minimum Gasteiger partial charge on any atom is -0.378 e. The fraction of sp³-hybridized carbons (Fsp3) is 0.512. The Morgan fingerprint density at radius 1 is 0.763 bits per heavy atom. The van der Waals surface area contributed by atoms with Crippen LogP contribution in [0.3, 0.4) is 0 Å². The molecular weight excluding hydrogens is 760 g/mol. The van der Waals surface area contributed by atoms with E-state index in [4.69, 9.17) is 24.7 Å². The lowest BCUT2D eigenvalue weighted by Crippen LogP contribution is -2.57. The molecule has 3 saturated heterocycles. The van der Waals surface area contributed by atoms with Crippen molar-refractivity contribution in [2.45, 2.75) is 82.6 Å². The zero-order valence-electron chi connectivity index (χ0n) is 33.5. The van der Waals surface area contributed by atoms with Gasteiger partial charge in [-0.25, -0.2) is 33.1 Å². The number of fused-ring (bicyclic) bond motifs is 2. The third kappa shape index (κ3) is 8.82. The van der Waals surface area contributed by atoms with Gasteiger partial charge in [-0.15, -0.1) is 0 Å². The molecule has 5 fully saturated rings. The van der Waals surface area contributed by atoms with Gasteiger partial charge in [0.05, 0.1) is 29.5 Å². The molecule has 4 aromatic heterocycles. The number of halogens is 3. The normalized spacial score (nSPS) is 19.6. The number of hydrogen-bond acceptors (Lipinski definition) is 12. The molecule has 13 nitrogen and oxygen atoms in total. The summed E-state index contributed by atoms with van der Waals surface area (Å²) in [7, 11) is 1.71. The molecule has 16 heteroatoms. The number of benzene rings is 1. The van der Waals surface area contributed by atoms with Crippen LogP contribution in [0.4, 0.5) is 36.4 Å². The van der Waals surface area contributed by atoms with Gasteiger partial charge in [0, 0.05) is 81.8 Å². The zero-order chi connectivity index (χ0) is 40.6. The van der Waals surface area contributed by atoms with Crippen molar-refractivity contribution < 1.29 is 22.7 Å². The molecule has 1 amide bonds. The number of aryl methyl sites for hydroxylation is 1. The number of pyridine rings is 2. The first-order valence-corrected chi connectivity index (χ1v) is 20.9. The van der Waals surface area contributed by atoms with Crippen LogP contribution in [0, 0.1) is 30.4 Å². The van der Waals surface area contributed by atoms with Crippen LogP contribution in [-0.2, 0) is 9.53 Å². The summed E-state index contributed by atoms with van der Waals surface area (Å²) < 4.78 is 47.8. The van der Waals surface area contributed by atoms with Crippen LogP contribution < -0.4 is 20.4 Å². The van der Waals surface area contributed by atoms with Gasteiger partial charge in [-0.2, -0.15) is 0 Å². The van der Waals surface area contributed by atoms with Crippen LogP contribution in [0.1, 0.15) is 68.8 Å². The van der Waals surface area contributed by atoms with E-state index in [-0.39, 0.29) is 29.4 Å². The molecule has 5 aliphatic rings. The Bertz CT molecular complexity index is 2310. The molecule has 1 unspecified atom stereocenters. The Morgan fingerprint density at radius 2 is 1.37 bits per heavy atom. The van der Waals surface area contributed by atoms with E-state index in [1.165, 1.54) is 12.8 Å². The predicted molar refractivity (Wildman–Crippen MR) is 220 cm³/mol. The van der Waals surface area contributed by atoms with Crippen LogP contribution in [0.2, 0.25) is 0 Å². The molecule has 2 aliphatic carbocycles. The van der Waals surface area contributed by atoms with Crippen LogP contribution in [0.5, 0.6) is 0 Å². The van der Waals surface area contributed by atoms with E-state index in [2.05, 4.69) is 30.4 Å². The molecule has 310 valence electrons. The number of alkyl halides is 1. The Balaban J connectivity index is 0.000000153. The number of piperidine rings is 2. The van der Waals surface area contributed by atoms with Crippen molar-refractivity contribution in [3.05, 3.63) is 71.8 Å². The second-order valence-corrected chi connectivity index (χ2v) is 16.6. The van der Waals surface area contributed by atoms with E-state index >= 15 is 4.39 Å². The molecule has 0 spiro atoms. The average molecular weight is 810 g/mol. The lowest BCUT2D eigenvalue weighted by Gasteiger charge is -2.42. The monoisotopic (exact) mass is 809 g/mol. The van der Waals surface area contributed by atoms with Gasteiger partial charge in [0.2, 0.25) is 5.91 Å². The molecule has 1 aromatic carbocycles. The number of carbonyl (C=O) groups excluding carboxylic acids is 1. The molecule has 5 aromatic rings. The number of aromatic nitrogens is 6. The Kier molecular flexibility index (Phi) is 11.1. The molecule has 0 bridgehead atoms. The Labute approximate surface area is 341 Å². The summed E-state index contributed by atoms with van der Waals surface area (Å²) in [5.74, 6) is 1.92. The smallest absolute Gasteiger partial charge is 0.225 e. The molecule has 59 heavy (non-hydrogen) atoms.